The molecule has 1 saturated carbocycles. The Kier molecular flexibility index (Phi) is 3.96. The van der Waals surface area contributed by atoms with E-state index in [-0.39, 0.29) is 11.9 Å². The van der Waals surface area contributed by atoms with Gasteiger partial charge in [-0.15, -0.1) is 0 Å². The molecule has 0 bridgehead atoms. The summed E-state index contributed by atoms with van der Waals surface area (Å²) in [7, 11) is -3.27. The lowest BCUT2D eigenvalue weighted by molar-refractivity contribution is -0.124. The van der Waals surface area contributed by atoms with Crippen LogP contribution in [0.4, 0.5) is 0 Å². The number of nitrogens with zero attached hydrogens (tertiary/aromatic N) is 1. The average Bonchev–Trinajstić information content (AvgIpc) is 2.85. The zero-order chi connectivity index (χ0) is 13.3. The Morgan fingerprint density at radius 1 is 1.28 bits per heavy atom. The number of amides is 1. The van der Waals surface area contributed by atoms with Gasteiger partial charge in [0.1, 0.15) is 6.04 Å². The van der Waals surface area contributed by atoms with Crippen molar-refractivity contribution in [1.82, 2.24) is 9.62 Å². The van der Waals surface area contributed by atoms with Gasteiger partial charge in [-0.25, -0.2) is 8.42 Å². The molecule has 1 aliphatic carbocycles. The van der Waals surface area contributed by atoms with Gasteiger partial charge in [-0.05, 0) is 38.0 Å². The van der Waals surface area contributed by atoms with Crippen molar-refractivity contribution in [3.8, 4) is 0 Å². The molecular formula is C12H22N2O3S. The van der Waals surface area contributed by atoms with Crippen LogP contribution >= 0.6 is 0 Å². The van der Waals surface area contributed by atoms with E-state index in [1.54, 1.807) is 0 Å². The minimum absolute atomic E-state index is 0.114. The minimum atomic E-state index is -3.27. The molecule has 2 fully saturated rings. The molecule has 0 aromatic heterocycles. The van der Waals surface area contributed by atoms with Gasteiger partial charge in [0.05, 0.1) is 6.26 Å². The van der Waals surface area contributed by atoms with Crippen LogP contribution in [0, 0.1) is 5.92 Å². The highest BCUT2D eigenvalue weighted by atomic mass is 32.2. The van der Waals surface area contributed by atoms with Crippen LogP contribution in [-0.2, 0) is 14.8 Å². The molecule has 6 heteroatoms. The van der Waals surface area contributed by atoms with Crippen molar-refractivity contribution in [3.05, 3.63) is 0 Å². The van der Waals surface area contributed by atoms with Crippen molar-refractivity contribution in [2.24, 2.45) is 5.92 Å². The quantitative estimate of drug-likeness (QED) is 0.824. The molecule has 1 N–H and O–H groups in total. The number of rotatable bonds is 3. The first-order valence-corrected chi connectivity index (χ1v) is 8.50. The fraction of sp³-hybridized carbons (Fsp3) is 0.917. The van der Waals surface area contributed by atoms with Gasteiger partial charge in [0.2, 0.25) is 15.9 Å². The molecule has 0 aromatic carbocycles. The van der Waals surface area contributed by atoms with E-state index in [1.165, 1.54) is 10.6 Å². The fourth-order valence-corrected chi connectivity index (χ4v) is 4.16. The van der Waals surface area contributed by atoms with Crippen LogP contribution in [-0.4, -0.2) is 43.5 Å². The second kappa shape index (κ2) is 5.17. The Morgan fingerprint density at radius 2 is 2.00 bits per heavy atom. The average molecular weight is 274 g/mol. The molecule has 104 valence electrons. The SMILES string of the molecule is CC1CCC(NC(=O)C2CCCN2S(C)(=O)=O)C1. The highest BCUT2D eigenvalue weighted by Crippen LogP contribution is 2.26. The molecule has 1 aliphatic heterocycles. The fourth-order valence-electron chi connectivity index (χ4n) is 3.03. The largest absolute Gasteiger partial charge is 0.352 e. The number of nitrogens with one attached hydrogen (secondary N) is 1. The highest BCUT2D eigenvalue weighted by molar-refractivity contribution is 7.88. The Balaban J connectivity index is 1.96. The normalized spacial score (nSPS) is 33.8. The smallest absolute Gasteiger partial charge is 0.238 e. The maximum Gasteiger partial charge on any atom is 0.238 e. The molecule has 18 heavy (non-hydrogen) atoms. The van der Waals surface area contributed by atoms with Gasteiger partial charge in [0, 0.05) is 12.6 Å². The Hall–Kier alpha value is -0.620. The number of sulfonamides is 1. The van der Waals surface area contributed by atoms with E-state index in [0.29, 0.717) is 18.9 Å². The third kappa shape index (κ3) is 3.03. The third-order valence-electron chi connectivity index (χ3n) is 3.97. The summed E-state index contributed by atoms with van der Waals surface area (Å²) in [6.07, 6.45) is 5.75. The highest BCUT2D eigenvalue weighted by Gasteiger charge is 2.37. The molecular weight excluding hydrogens is 252 g/mol. The van der Waals surface area contributed by atoms with Gasteiger partial charge in [-0.2, -0.15) is 4.31 Å². The Bertz CT molecular complexity index is 421. The van der Waals surface area contributed by atoms with E-state index in [0.717, 1.165) is 25.7 Å². The number of hydrogen-bond acceptors (Lipinski definition) is 3. The standard InChI is InChI=1S/C12H22N2O3S/c1-9-5-6-10(8-9)13-12(15)11-4-3-7-14(11)18(2,16)17/h9-11H,3-8H2,1-2H3,(H,13,15). The number of carbonyl (C=O) groups excluding carboxylic acids is 1. The van der Waals surface area contributed by atoms with Gasteiger partial charge < -0.3 is 5.32 Å². The van der Waals surface area contributed by atoms with Crippen LogP contribution in [0.5, 0.6) is 0 Å². The van der Waals surface area contributed by atoms with E-state index in [2.05, 4.69) is 12.2 Å². The molecule has 0 radical (unpaired) electrons. The van der Waals surface area contributed by atoms with Crippen molar-refractivity contribution in [1.29, 1.82) is 0 Å². The lowest BCUT2D eigenvalue weighted by Crippen LogP contribution is -2.48. The maximum atomic E-state index is 12.1. The van der Waals surface area contributed by atoms with Crippen molar-refractivity contribution < 1.29 is 13.2 Å². The van der Waals surface area contributed by atoms with Crippen LogP contribution < -0.4 is 5.32 Å². The third-order valence-corrected chi connectivity index (χ3v) is 5.26. The van der Waals surface area contributed by atoms with Gasteiger partial charge >= 0.3 is 0 Å². The molecule has 0 spiro atoms. The summed E-state index contributed by atoms with van der Waals surface area (Å²) in [4.78, 5) is 12.1. The van der Waals surface area contributed by atoms with Crippen molar-refractivity contribution in [2.45, 2.75) is 51.1 Å². The van der Waals surface area contributed by atoms with E-state index in [4.69, 9.17) is 0 Å². The minimum Gasteiger partial charge on any atom is -0.352 e. The monoisotopic (exact) mass is 274 g/mol. The van der Waals surface area contributed by atoms with Gasteiger partial charge in [0.25, 0.3) is 0 Å². The zero-order valence-electron chi connectivity index (χ0n) is 11.1. The molecule has 0 aromatic rings. The Labute approximate surface area is 109 Å². The maximum absolute atomic E-state index is 12.1. The van der Waals surface area contributed by atoms with Crippen molar-refractivity contribution in [3.63, 3.8) is 0 Å². The zero-order valence-corrected chi connectivity index (χ0v) is 11.9. The van der Waals surface area contributed by atoms with Crippen LogP contribution in [0.15, 0.2) is 0 Å². The van der Waals surface area contributed by atoms with Gasteiger partial charge in [-0.3, -0.25) is 4.79 Å². The summed E-state index contributed by atoms with van der Waals surface area (Å²) in [5.41, 5.74) is 0. The summed E-state index contributed by atoms with van der Waals surface area (Å²) in [5, 5.41) is 3.01. The van der Waals surface area contributed by atoms with E-state index in [1.807, 2.05) is 0 Å². The summed E-state index contributed by atoms with van der Waals surface area (Å²) in [5.74, 6) is 0.543. The first-order valence-electron chi connectivity index (χ1n) is 6.65. The lowest BCUT2D eigenvalue weighted by Gasteiger charge is -2.23. The van der Waals surface area contributed by atoms with Crippen LogP contribution in [0.3, 0.4) is 0 Å². The van der Waals surface area contributed by atoms with Crippen LogP contribution in [0.2, 0.25) is 0 Å². The summed E-state index contributed by atoms with van der Waals surface area (Å²) >= 11 is 0. The van der Waals surface area contributed by atoms with Crippen LogP contribution in [0.25, 0.3) is 0 Å². The molecule has 5 nitrogen and oxygen atoms in total. The van der Waals surface area contributed by atoms with Crippen molar-refractivity contribution >= 4 is 15.9 Å². The van der Waals surface area contributed by atoms with E-state index in [9.17, 15) is 13.2 Å². The summed E-state index contributed by atoms with van der Waals surface area (Å²) in [6, 6.07) is -0.259. The summed E-state index contributed by atoms with van der Waals surface area (Å²) < 4.78 is 24.5. The first kappa shape index (κ1) is 13.8. The van der Waals surface area contributed by atoms with Crippen molar-refractivity contribution in [2.75, 3.05) is 12.8 Å². The molecule has 1 amide bonds. The predicted molar refractivity (Wildman–Crippen MR) is 69.5 cm³/mol. The van der Waals surface area contributed by atoms with E-state index >= 15 is 0 Å². The second-order valence-electron chi connectivity index (χ2n) is 5.66. The molecule has 2 rings (SSSR count). The van der Waals surface area contributed by atoms with Gasteiger partial charge in [-0.1, -0.05) is 6.92 Å². The lowest BCUT2D eigenvalue weighted by atomic mass is 10.1. The first-order chi connectivity index (χ1) is 8.38. The number of carbonyl (C=O) groups is 1. The topological polar surface area (TPSA) is 66.5 Å². The molecule has 1 heterocycles. The van der Waals surface area contributed by atoms with Crippen LogP contribution in [0.1, 0.15) is 39.0 Å². The Morgan fingerprint density at radius 3 is 2.56 bits per heavy atom. The number of hydrogen-bond donors (Lipinski definition) is 1. The van der Waals surface area contributed by atoms with E-state index < -0.39 is 16.1 Å². The molecule has 3 atom stereocenters. The second-order valence-corrected chi connectivity index (χ2v) is 7.59. The summed E-state index contributed by atoms with van der Waals surface area (Å²) in [6.45, 7) is 2.66. The molecule has 2 aliphatic rings. The van der Waals surface area contributed by atoms with Gasteiger partial charge in [0.15, 0.2) is 0 Å². The predicted octanol–water partition coefficient (Wildman–Crippen LogP) is 0.715. The molecule has 3 unspecified atom stereocenters. The molecule has 1 saturated heterocycles.